The highest BCUT2D eigenvalue weighted by Crippen LogP contribution is 2.05. The molecule has 0 aromatic carbocycles. The number of aromatic nitrogens is 2. The van der Waals surface area contributed by atoms with E-state index in [1.54, 1.807) is 0 Å². The van der Waals surface area contributed by atoms with Crippen molar-refractivity contribution in [2.24, 2.45) is 0 Å². The summed E-state index contributed by atoms with van der Waals surface area (Å²) < 4.78 is 4.89. The predicted octanol–water partition coefficient (Wildman–Crippen LogP) is -2.04. The van der Waals surface area contributed by atoms with Gasteiger partial charge in [-0.15, -0.1) is 0 Å². The molecule has 0 radical (unpaired) electrons. The van der Waals surface area contributed by atoms with E-state index >= 15 is 0 Å². The highest BCUT2D eigenvalue weighted by molar-refractivity contribution is 6.59. The maximum atomic E-state index is 8.98. The molecule has 1 heterocycles. The fourth-order valence-corrected chi connectivity index (χ4v) is 1.08. The van der Waals surface area contributed by atoms with Gasteiger partial charge in [-0.05, 0) is 6.42 Å². The van der Waals surface area contributed by atoms with Crippen molar-refractivity contribution in [2.75, 3.05) is 25.6 Å². The van der Waals surface area contributed by atoms with Crippen LogP contribution in [0.25, 0.3) is 0 Å². The zero-order valence-electron chi connectivity index (χ0n) is 8.92. The lowest BCUT2D eigenvalue weighted by molar-refractivity contribution is 0.292. The Kier molecular flexibility index (Phi) is 4.97. The molecule has 0 saturated carbocycles. The largest absolute Gasteiger partial charge is 0.495 e. The van der Waals surface area contributed by atoms with Gasteiger partial charge in [-0.3, -0.25) is 0 Å². The van der Waals surface area contributed by atoms with Crippen LogP contribution in [0, 0.1) is 0 Å². The van der Waals surface area contributed by atoms with E-state index in [4.69, 9.17) is 19.9 Å². The third-order valence-electron chi connectivity index (χ3n) is 1.87. The molecule has 0 spiro atoms. The van der Waals surface area contributed by atoms with Crippen molar-refractivity contribution in [2.45, 2.75) is 6.42 Å². The average Bonchev–Trinajstić information content (AvgIpc) is 2.29. The topological polar surface area (TPSA) is 108 Å². The molecule has 8 heteroatoms. The van der Waals surface area contributed by atoms with Gasteiger partial charge in [0, 0.05) is 19.3 Å². The number of nitrogens with one attached hydrogen (secondary N) is 1. The molecule has 0 bridgehead atoms. The molecule has 4 N–H and O–H groups in total. The number of hydrogen-bond donors (Lipinski definition) is 4. The Morgan fingerprint density at radius 3 is 2.81 bits per heavy atom. The molecule has 1 aromatic heterocycles. The van der Waals surface area contributed by atoms with E-state index in [-0.39, 0.29) is 17.9 Å². The molecule has 0 saturated heterocycles. The van der Waals surface area contributed by atoms with E-state index in [9.17, 15) is 0 Å². The van der Waals surface area contributed by atoms with E-state index < -0.39 is 7.12 Å². The molecular formula is C8H14BN3O4. The van der Waals surface area contributed by atoms with Crippen molar-refractivity contribution in [3.05, 3.63) is 6.20 Å². The lowest BCUT2D eigenvalue weighted by atomic mass is 9.82. The van der Waals surface area contributed by atoms with Gasteiger partial charge in [0.15, 0.2) is 0 Å². The number of anilines is 1. The Bertz CT molecular complexity index is 337. The summed E-state index contributed by atoms with van der Waals surface area (Å²) in [5.41, 5.74) is 0.107. The number of methoxy groups -OCH3 is 1. The molecule has 0 unspecified atom stereocenters. The van der Waals surface area contributed by atoms with Gasteiger partial charge >= 0.3 is 7.12 Å². The van der Waals surface area contributed by atoms with E-state index in [2.05, 4.69) is 15.3 Å². The smallest absolute Gasteiger partial charge is 0.481 e. The lowest BCUT2D eigenvalue weighted by Gasteiger charge is -2.08. The first kappa shape index (κ1) is 12.7. The van der Waals surface area contributed by atoms with Gasteiger partial charge < -0.3 is 25.2 Å². The average molecular weight is 227 g/mol. The van der Waals surface area contributed by atoms with Crippen LogP contribution in [0.4, 0.5) is 5.95 Å². The summed E-state index contributed by atoms with van der Waals surface area (Å²) in [4.78, 5) is 7.81. The minimum atomic E-state index is -1.67. The molecule has 0 amide bonds. The van der Waals surface area contributed by atoms with Gasteiger partial charge in [-0.1, -0.05) is 0 Å². The second kappa shape index (κ2) is 6.26. The van der Waals surface area contributed by atoms with E-state index in [1.165, 1.54) is 13.3 Å². The summed E-state index contributed by atoms with van der Waals surface area (Å²) in [6.45, 7) is 0.609. The van der Waals surface area contributed by atoms with Crippen LogP contribution in [-0.2, 0) is 0 Å². The summed E-state index contributed by atoms with van der Waals surface area (Å²) in [5.74, 6) is 0.422. The van der Waals surface area contributed by atoms with Gasteiger partial charge in [0.2, 0.25) is 11.8 Å². The second-order valence-corrected chi connectivity index (χ2v) is 3.04. The van der Waals surface area contributed by atoms with Gasteiger partial charge in [0.25, 0.3) is 0 Å². The van der Waals surface area contributed by atoms with Crippen molar-refractivity contribution in [3.63, 3.8) is 0 Å². The van der Waals surface area contributed by atoms with Crippen LogP contribution in [-0.4, -0.2) is 52.5 Å². The Labute approximate surface area is 93.3 Å². The van der Waals surface area contributed by atoms with Gasteiger partial charge in [0.1, 0.15) is 0 Å². The van der Waals surface area contributed by atoms with Crippen LogP contribution in [0.2, 0.25) is 0 Å². The van der Waals surface area contributed by atoms with Crippen molar-refractivity contribution in [3.8, 4) is 5.88 Å². The minimum Gasteiger partial charge on any atom is -0.481 e. The molecule has 16 heavy (non-hydrogen) atoms. The van der Waals surface area contributed by atoms with E-state index in [1.807, 2.05) is 0 Å². The summed E-state index contributed by atoms with van der Waals surface area (Å²) in [6, 6.07) is 0. The second-order valence-electron chi connectivity index (χ2n) is 3.04. The maximum Gasteiger partial charge on any atom is 0.495 e. The third kappa shape index (κ3) is 3.33. The number of rotatable bonds is 6. The minimum absolute atomic E-state index is 0.0809. The Hall–Kier alpha value is -1.38. The van der Waals surface area contributed by atoms with Crippen LogP contribution in [0.15, 0.2) is 6.20 Å². The number of nitrogens with zero attached hydrogens (tertiary/aromatic N) is 2. The Balaban J connectivity index is 2.74. The van der Waals surface area contributed by atoms with Crippen molar-refractivity contribution < 1.29 is 19.9 Å². The van der Waals surface area contributed by atoms with Crippen LogP contribution in [0.1, 0.15) is 6.42 Å². The standard InChI is InChI=1S/C8H14BN3O4/c1-16-7-6(9(14)15)5-11-8(12-7)10-3-2-4-13/h5,13-15H,2-4H2,1H3,(H,10,11,12). The first-order valence-electron chi connectivity index (χ1n) is 4.80. The molecule has 1 aromatic rings. The molecule has 0 fully saturated rings. The first-order valence-corrected chi connectivity index (χ1v) is 4.80. The first-order chi connectivity index (χ1) is 7.69. The summed E-state index contributed by atoms with van der Waals surface area (Å²) >= 11 is 0. The highest BCUT2D eigenvalue weighted by Gasteiger charge is 2.19. The zero-order chi connectivity index (χ0) is 12.0. The Morgan fingerprint density at radius 2 is 2.25 bits per heavy atom. The quantitative estimate of drug-likeness (QED) is 0.327. The third-order valence-corrected chi connectivity index (χ3v) is 1.87. The van der Waals surface area contributed by atoms with E-state index in [0.717, 1.165) is 0 Å². The number of hydrogen-bond acceptors (Lipinski definition) is 7. The van der Waals surface area contributed by atoms with Crippen LogP contribution >= 0.6 is 0 Å². The summed E-state index contributed by atoms with van der Waals surface area (Å²) in [6.07, 6.45) is 1.85. The fourth-order valence-electron chi connectivity index (χ4n) is 1.08. The Morgan fingerprint density at radius 1 is 1.50 bits per heavy atom. The van der Waals surface area contributed by atoms with E-state index in [0.29, 0.717) is 18.9 Å². The highest BCUT2D eigenvalue weighted by atomic mass is 16.5. The molecule has 0 aliphatic rings. The normalized spacial score (nSPS) is 10.0. The van der Waals surface area contributed by atoms with Crippen LogP contribution < -0.4 is 15.5 Å². The molecule has 0 atom stereocenters. The summed E-state index contributed by atoms with van der Waals surface area (Å²) in [7, 11) is -0.285. The number of ether oxygens (including phenoxy) is 1. The molecular weight excluding hydrogens is 213 g/mol. The van der Waals surface area contributed by atoms with Crippen molar-refractivity contribution in [1.82, 2.24) is 9.97 Å². The SMILES string of the molecule is COc1nc(NCCCO)ncc1B(O)O. The monoisotopic (exact) mass is 227 g/mol. The van der Waals surface area contributed by atoms with Gasteiger partial charge in [0.05, 0.1) is 12.6 Å². The van der Waals surface area contributed by atoms with Gasteiger partial charge in [-0.2, -0.15) is 4.98 Å². The van der Waals surface area contributed by atoms with Gasteiger partial charge in [-0.25, -0.2) is 4.98 Å². The molecule has 88 valence electrons. The van der Waals surface area contributed by atoms with Crippen molar-refractivity contribution >= 4 is 18.5 Å². The molecule has 7 nitrogen and oxygen atoms in total. The zero-order valence-corrected chi connectivity index (χ0v) is 8.92. The number of aliphatic hydroxyl groups excluding tert-OH is 1. The van der Waals surface area contributed by atoms with Crippen LogP contribution in [0.3, 0.4) is 0 Å². The maximum absolute atomic E-state index is 8.98. The van der Waals surface area contributed by atoms with Crippen LogP contribution in [0.5, 0.6) is 5.88 Å². The predicted molar refractivity (Wildman–Crippen MR) is 58.6 cm³/mol. The summed E-state index contributed by atoms with van der Waals surface area (Å²) in [5, 5.41) is 29.4. The fraction of sp³-hybridized carbons (Fsp3) is 0.500. The lowest BCUT2D eigenvalue weighted by Crippen LogP contribution is -2.32. The van der Waals surface area contributed by atoms with Crippen molar-refractivity contribution in [1.29, 1.82) is 0 Å². The molecule has 1 rings (SSSR count). The molecule has 0 aliphatic heterocycles. The number of aliphatic hydroxyl groups is 1. The molecule has 0 aliphatic carbocycles.